The molecular weight excluding hydrogens is 338 g/mol. The molecular formula is C20H27N7. The van der Waals surface area contributed by atoms with Crippen molar-refractivity contribution in [3.05, 3.63) is 41.7 Å². The zero-order chi connectivity index (χ0) is 19.1. The molecule has 7 nitrogen and oxygen atoms in total. The van der Waals surface area contributed by atoms with Crippen molar-refractivity contribution in [1.82, 2.24) is 14.9 Å². The molecule has 0 aliphatic carbocycles. The summed E-state index contributed by atoms with van der Waals surface area (Å²) >= 11 is 0. The number of unbranched alkanes of at least 4 members (excludes halogenated alkanes) is 1. The predicted octanol–water partition coefficient (Wildman–Crippen LogP) is 2.42. The number of hydrogen-bond donors (Lipinski definition) is 3. The van der Waals surface area contributed by atoms with Crippen LogP contribution in [0.2, 0.25) is 0 Å². The van der Waals surface area contributed by atoms with E-state index in [0.29, 0.717) is 23.2 Å². The fourth-order valence-corrected chi connectivity index (χ4v) is 3.39. The molecule has 0 spiro atoms. The summed E-state index contributed by atoms with van der Waals surface area (Å²) in [7, 11) is 0. The van der Waals surface area contributed by atoms with Crippen LogP contribution in [0.1, 0.15) is 36.9 Å². The van der Waals surface area contributed by atoms with Gasteiger partial charge in [0.2, 0.25) is 5.95 Å². The van der Waals surface area contributed by atoms with Gasteiger partial charge in [0.25, 0.3) is 0 Å². The molecule has 1 aliphatic rings. The number of rotatable bonds is 7. The lowest BCUT2D eigenvalue weighted by molar-refractivity contribution is 0.206. The minimum Gasteiger partial charge on any atom is -0.398 e. The highest BCUT2D eigenvalue weighted by Crippen LogP contribution is 2.19. The third-order valence-corrected chi connectivity index (χ3v) is 4.84. The van der Waals surface area contributed by atoms with E-state index in [-0.39, 0.29) is 0 Å². The minimum absolute atomic E-state index is 0.337. The van der Waals surface area contributed by atoms with Gasteiger partial charge in [-0.3, -0.25) is 0 Å². The molecule has 142 valence electrons. The SMILES string of the molecule is N#Cc1cc(Nc2nccc(CCCCN3CCCC(N)C3)n2)ccc1N. The molecule has 1 saturated heterocycles. The van der Waals surface area contributed by atoms with Gasteiger partial charge >= 0.3 is 0 Å². The number of aryl methyl sites for hydroxylation is 1. The number of nitrogens with two attached hydrogens (primary N) is 2. The largest absolute Gasteiger partial charge is 0.398 e. The molecule has 27 heavy (non-hydrogen) atoms. The molecule has 1 aromatic heterocycles. The fourth-order valence-electron chi connectivity index (χ4n) is 3.39. The maximum absolute atomic E-state index is 9.08. The predicted molar refractivity (Wildman–Crippen MR) is 107 cm³/mol. The van der Waals surface area contributed by atoms with E-state index < -0.39 is 0 Å². The van der Waals surface area contributed by atoms with Crippen molar-refractivity contribution in [2.24, 2.45) is 5.73 Å². The van der Waals surface area contributed by atoms with Crippen LogP contribution in [0.5, 0.6) is 0 Å². The van der Waals surface area contributed by atoms with Crippen molar-refractivity contribution >= 4 is 17.3 Å². The van der Waals surface area contributed by atoms with Crippen LogP contribution in [-0.2, 0) is 6.42 Å². The summed E-state index contributed by atoms with van der Waals surface area (Å²) in [6, 6.07) is 9.59. The smallest absolute Gasteiger partial charge is 0.227 e. The second kappa shape index (κ2) is 9.31. The summed E-state index contributed by atoms with van der Waals surface area (Å²) in [5.41, 5.74) is 14.5. The van der Waals surface area contributed by atoms with Gasteiger partial charge in [0.15, 0.2) is 0 Å². The first-order chi connectivity index (χ1) is 13.1. The molecule has 1 aliphatic heterocycles. The van der Waals surface area contributed by atoms with E-state index in [1.54, 1.807) is 18.3 Å². The standard InChI is InChI=1S/C20H27N7/c21-13-15-12-18(6-7-19(15)23)26-20-24-9-8-17(25-20)5-1-2-10-27-11-3-4-16(22)14-27/h6-9,12,16H,1-5,10-11,14,22-23H2,(H,24,25,26). The van der Waals surface area contributed by atoms with Crippen LogP contribution in [0.4, 0.5) is 17.3 Å². The minimum atomic E-state index is 0.337. The van der Waals surface area contributed by atoms with Gasteiger partial charge in [0, 0.05) is 35.9 Å². The van der Waals surface area contributed by atoms with Gasteiger partial charge in [-0.1, -0.05) is 0 Å². The van der Waals surface area contributed by atoms with E-state index >= 15 is 0 Å². The molecule has 2 aromatic rings. The van der Waals surface area contributed by atoms with E-state index in [2.05, 4.69) is 26.3 Å². The summed E-state index contributed by atoms with van der Waals surface area (Å²) in [6.45, 7) is 3.29. The number of likely N-dealkylation sites (tertiary alicyclic amines) is 1. The van der Waals surface area contributed by atoms with Crippen LogP contribution >= 0.6 is 0 Å². The van der Waals surface area contributed by atoms with Crippen molar-refractivity contribution in [3.63, 3.8) is 0 Å². The Bertz CT molecular complexity index is 799. The highest BCUT2D eigenvalue weighted by atomic mass is 15.1. The van der Waals surface area contributed by atoms with E-state index in [1.807, 2.05) is 12.1 Å². The lowest BCUT2D eigenvalue weighted by atomic mass is 10.1. The van der Waals surface area contributed by atoms with E-state index in [4.69, 9.17) is 16.7 Å². The summed E-state index contributed by atoms with van der Waals surface area (Å²) in [4.78, 5) is 11.3. The molecule has 7 heteroatoms. The summed E-state index contributed by atoms with van der Waals surface area (Å²) < 4.78 is 0. The average molecular weight is 365 g/mol. The molecule has 5 N–H and O–H groups in total. The van der Waals surface area contributed by atoms with Gasteiger partial charge in [0.1, 0.15) is 6.07 Å². The van der Waals surface area contributed by atoms with Crippen LogP contribution in [0.15, 0.2) is 30.5 Å². The van der Waals surface area contributed by atoms with Crippen LogP contribution in [0, 0.1) is 11.3 Å². The molecule has 1 fully saturated rings. The van der Waals surface area contributed by atoms with Crippen molar-refractivity contribution in [3.8, 4) is 6.07 Å². The van der Waals surface area contributed by atoms with Crippen LogP contribution in [0.3, 0.4) is 0 Å². The second-order valence-corrected chi connectivity index (χ2v) is 7.07. The quantitative estimate of drug-likeness (QED) is 0.509. The monoisotopic (exact) mass is 365 g/mol. The van der Waals surface area contributed by atoms with Crippen LogP contribution in [0.25, 0.3) is 0 Å². The summed E-state index contributed by atoms with van der Waals surface area (Å²) in [5.74, 6) is 0.531. The first-order valence-electron chi connectivity index (χ1n) is 9.50. The van der Waals surface area contributed by atoms with Crippen molar-refractivity contribution in [1.29, 1.82) is 5.26 Å². The lowest BCUT2D eigenvalue weighted by Crippen LogP contribution is -2.43. The average Bonchev–Trinajstić information content (AvgIpc) is 2.67. The number of anilines is 3. The van der Waals surface area contributed by atoms with Crippen LogP contribution < -0.4 is 16.8 Å². The number of benzene rings is 1. The van der Waals surface area contributed by atoms with E-state index in [0.717, 1.165) is 50.2 Å². The van der Waals surface area contributed by atoms with Gasteiger partial charge in [-0.2, -0.15) is 5.26 Å². The normalized spacial score (nSPS) is 17.4. The van der Waals surface area contributed by atoms with E-state index in [1.165, 1.54) is 13.0 Å². The zero-order valence-corrected chi connectivity index (χ0v) is 15.6. The molecule has 1 unspecified atom stereocenters. The van der Waals surface area contributed by atoms with E-state index in [9.17, 15) is 0 Å². The molecule has 1 aromatic carbocycles. The number of nitrogen functional groups attached to an aromatic ring is 1. The lowest BCUT2D eigenvalue weighted by Gasteiger charge is -2.30. The number of nitriles is 1. The van der Waals surface area contributed by atoms with Crippen molar-refractivity contribution < 1.29 is 0 Å². The van der Waals surface area contributed by atoms with Gasteiger partial charge in [-0.15, -0.1) is 0 Å². The number of nitrogens with zero attached hydrogens (tertiary/aromatic N) is 4. The molecule has 0 saturated carbocycles. The fraction of sp³-hybridized carbons (Fsp3) is 0.450. The Morgan fingerprint density at radius 2 is 2.19 bits per heavy atom. The second-order valence-electron chi connectivity index (χ2n) is 7.07. The topological polar surface area (TPSA) is 117 Å². The molecule has 3 rings (SSSR count). The van der Waals surface area contributed by atoms with Crippen LogP contribution in [-0.4, -0.2) is 40.5 Å². The summed E-state index contributed by atoms with van der Waals surface area (Å²) in [6.07, 6.45) is 7.27. The Hall–Kier alpha value is -2.69. The van der Waals surface area contributed by atoms with Gasteiger partial charge in [-0.05, 0) is 69.5 Å². The molecule has 0 radical (unpaired) electrons. The summed E-state index contributed by atoms with van der Waals surface area (Å²) in [5, 5.41) is 12.2. The van der Waals surface area contributed by atoms with Gasteiger partial charge < -0.3 is 21.7 Å². The van der Waals surface area contributed by atoms with Gasteiger partial charge in [0.05, 0.1) is 5.56 Å². The Morgan fingerprint density at radius 1 is 1.30 bits per heavy atom. The third-order valence-electron chi connectivity index (χ3n) is 4.84. The van der Waals surface area contributed by atoms with Crippen molar-refractivity contribution in [2.75, 3.05) is 30.7 Å². The highest BCUT2D eigenvalue weighted by Gasteiger charge is 2.15. The first kappa shape index (κ1) is 19.1. The highest BCUT2D eigenvalue weighted by molar-refractivity contribution is 5.64. The third kappa shape index (κ3) is 5.64. The Kier molecular flexibility index (Phi) is 6.58. The molecule has 1 atom stereocenters. The number of hydrogen-bond acceptors (Lipinski definition) is 7. The number of aromatic nitrogens is 2. The molecule has 0 amide bonds. The molecule has 2 heterocycles. The Labute approximate surface area is 160 Å². The number of piperidine rings is 1. The molecule has 0 bridgehead atoms. The van der Waals surface area contributed by atoms with Crippen molar-refractivity contribution in [2.45, 2.75) is 38.1 Å². The Balaban J connectivity index is 1.49. The Morgan fingerprint density at radius 3 is 3.00 bits per heavy atom. The maximum atomic E-state index is 9.08. The maximum Gasteiger partial charge on any atom is 0.227 e. The number of nitrogens with one attached hydrogen (secondary N) is 1. The first-order valence-corrected chi connectivity index (χ1v) is 9.50. The zero-order valence-electron chi connectivity index (χ0n) is 15.6. The van der Waals surface area contributed by atoms with Gasteiger partial charge in [-0.25, -0.2) is 9.97 Å².